The highest BCUT2D eigenvalue weighted by Crippen LogP contribution is 2.29. The maximum Gasteiger partial charge on any atom is 0.321 e. The number of nitro groups is 1. The SMILES string of the molecule is CN(C)c1ccc(S(=O)(=O)NCC(=O)OCc2csc(-c3ccc(F)cc3)n2)cc1[N+](=O)[O-]. The van der Waals surface area contributed by atoms with Crippen molar-refractivity contribution in [1.29, 1.82) is 0 Å². The molecule has 0 aliphatic rings. The Labute approximate surface area is 192 Å². The summed E-state index contributed by atoms with van der Waals surface area (Å²) in [7, 11) is -1.00. The zero-order chi connectivity index (χ0) is 24.2. The maximum absolute atomic E-state index is 13.0. The van der Waals surface area contributed by atoms with E-state index < -0.39 is 27.5 Å². The van der Waals surface area contributed by atoms with Crippen LogP contribution < -0.4 is 9.62 Å². The first kappa shape index (κ1) is 24.2. The third-order valence-electron chi connectivity index (χ3n) is 4.37. The molecule has 0 unspecified atom stereocenters. The summed E-state index contributed by atoms with van der Waals surface area (Å²) < 4.78 is 45.1. The third-order valence-corrected chi connectivity index (χ3v) is 6.71. The van der Waals surface area contributed by atoms with Gasteiger partial charge in [-0.1, -0.05) is 0 Å². The summed E-state index contributed by atoms with van der Waals surface area (Å²) in [6.07, 6.45) is 0. The molecule has 1 aromatic heterocycles. The number of carbonyl (C=O) groups is 1. The van der Waals surface area contributed by atoms with Crippen molar-refractivity contribution in [2.45, 2.75) is 11.5 Å². The number of hydrogen-bond acceptors (Lipinski definition) is 9. The van der Waals surface area contributed by atoms with Crippen molar-refractivity contribution >= 4 is 38.7 Å². The summed E-state index contributed by atoms with van der Waals surface area (Å²) in [5, 5.41) is 13.5. The van der Waals surface area contributed by atoms with Crippen LogP contribution in [-0.2, 0) is 26.2 Å². The number of nitro benzene ring substituents is 1. The molecular weight excluding hydrogens is 475 g/mol. The minimum atomic E-state index is -4.19. The Morgan fingerprint density at radius 3 is 2.58 bits per heavy atom. The van der Waals surface area contributed by atoms with Crippen molar-refractivity contribution in [2.24, 2.45) is 0 Å². The van der Waals surface area contributed by atoms with Gasteiger partial charge in [-0.2, -0.15) is 4.72 Å². The second kappa shape index (κ2) is 10.0. The van der Waals surface area contributed by atoms with Gasteiger partial charge in [0.1, 0.15) is 29.7 Å². The molecule has 3 rings (SSSR count). The van der Waals surface area contributed by atoms with Crippen LogP contribution in [0.5, 0.6) is 0 Å². The van der Waals surface area contributed by atoms with Crippen LogP contribution in [0.4, 0.5) is 15.8 Å². The highest BCUT2D eigenvalue weighted by Gasteiger charge is 2.23. The van der Waals surface area contributed by atoms with E-state index >= 15 is 0 Å². The second-order valence-corrected chi connectivity index (χ2v) is 9.56. The topological polar surface area (TPSA) is 132 Å². The molecule has 3 aromatic rings. The Hall–Kier alpha value is -3.42. The predicted molar refractivity (Wildman–Crippen MR) is 120 cm³/mol. The maximum atomic E-state index is 13.0. The fourth-order valence-electron chi connectivity index (χ4n) is 2.74. The summed E-state index contributed by atoms with van der Waals surface area (Å²) in [6, 6.07) is 9.22. The smallest absolute Gasteiger partial charge is 0.321 e. The number of ether oxygens (including phenoxy) is 1. The highest BCUT2D eigenvalue weighted by atomic mass is 32.2. The van der Waals surface area contributed by atoms with Gasteiger partial charge in [-0.15, -0.1) is 11.3 Å². The van der Waals surface area contributed by atoms with E-state index in [-0.39, 0.29) is 28.7 Å². The number of esters is 1. The first-order valence-corrected chi connectivity index (χ1v) is 11.7. The van der Waals surface area contributed by atoms with Gasteiger partial charge in [0.2, 0.25) is 10.0 Å². The summed E-state index contributed by atoms with van der Waals surface area (Å²) in [4.78, 5) is 28.0. The Morgan fingerprint density at radius 1 is 1.24 bits per heavy atom. The average molecular weight is 495 g/mol. The summed E-state index contributed by atoms with van der Waals surface area (Å²) >= 11 is 1.29. The van der Waals surface area contributed by atoms with Gasteiger partial charge in [0.05, 0.1) is 15.5 Å². The fraction of sp³-hybridized carbons (Fsp3) is 0.200. The lowest BCUT2D eigenvalue weighted by Gasteiger charge is -2.13. The van der Waals surface area contributed by atoms with Gasteiger partial charge in [-0.25, -0.2) is 17.8 Å². The Kier molecular flexibility index (Phi) is 7.36. The first-order valence-electron chi connectivity index (χ1n) is 9.38. The molecule has 0 fully saturated rings. The summed E-state index contributed by atoms with van der Waals surface area (Å²) in [6.45, 7) is -0.845. The molecule has 0 amide bonds. The normalized spacial score (nSPS) is 11.2. The van der Waals surface area contributed by atoms with E-state index in [9.17, 15) is 27.7 Å². The molecule has 0 saturated carbocycles. The van der Waals surface area contributed by atoms with E-state index in [2.05, 4.69) is 9.71 Å². The number of hydrogen-bond donors (Lipinski definition) is 1. The van der Waals surface area contributed by atoms with E-state index in [0.717, 1.165) is 6.07 Å². The van der Waals surface area contributed by atoms with Gasteiger partial charge in [-0.05, 0) is 36.4 Å². The molecule has 0 atom stereocenters. The van der Waals surface area contributed by atoms with Crippen LogP contribution in [0.3, 0.4) is 0 Å². The molecule has 0 aliphatic heterocycles. The minimum Gasteiger partial charge on any atom is -0.458 e. The number of thiazole rings is 1. The molecule has 13 heteroatoms. The predicted octanol–water partition coefficient (Wildman–Crippen LogP) is 2.95. The molecule has 0 spiro atoms. The number of nitrogens with one attached hydrogen (secondary N) is 1. The number of benzene rings is 2. The molecule has 1 heterocycles. The van der Waals surface area contributed by atoms with E-state index in [1.54, 1.807) is 31.6 Å². The first-order chi connectivity index (χ1) is 15.6. The van der Waals surface area contributed by atoms with Crippen LogP contribution >= 0.6 is 11.3 Å². The third kappa shape index (κ3) is 6.09. The standard InChI is InChI=1S/C20H19FN4O6S2/c1-24(2)17-8-7-16(9-18(17)25(27)28)33(29,30)22-10-19(26)31-11-15-12-32-20(23-15)13-3-5-14(21)6-4-13/h3-9,12,22H,10-11H2,1-2H3. The van der Waals surface area contributed by atoms with Gasteiger partial charge in [0.15, 0.2) is 0 Å². The van der Waals surface area contributed by atoms with E-state index in [1.165, 1.54) is 40.5 Å². The fourth-order valence-corrected chi connectivity index (χ4v) is 4.53. The monoisotopic (exact) mass is 494 g/mol. The van der Waals surface area contributed by atoms with Crippen molar-refractivity contribution in [2.75, 3.05) is 25.5 Å². The summed E-state index contributed by atoms with van der Waals surface area (Å²) in [5.74, 6) is -1.22. The van der Waals surface area contributed by atoms with Crippen molar-refractivity contribution in [3.05, 3.63) is 69.5 Å². The van der Waals surface area contributed by atoms with Crippen molar-refractivity contribution < 1.29 is 27.3 Å². The van der Waals surface area contributed by atoms with Gasteiger partial charge in [0.25, 0.3) is 5.69 Å². The second-order valence-electron chi connectivity index (χ2n) is 6.94. The zero-order valence-corrected chi connectivity index (χ0v) is 19.2. The van der Waals surface area contributed by atoms with Crippen LogP contribution in [0.2, 0.25) is 0 Å². The molecule has 0 radical (unpaired) electrons. The number of carbonyl (C=O) groups excluding carboxylic acids is 1. The van der Waals surface area contributed by atoms with Crippen LogP contribution in [-0.4, -0.2) is 44.9 Å². The Bertz CT molecular complexity index is 1280. The van der Waals surface area contributed by atoms with Crippen molar-refractivity contribution in [3.8, 4) is 10.6 Å². The molecule has 0 saturated heterocycles. The van der Waals surface area contributed by atoms with Crippen LogP contribution in [0.1, 0.15) is 5.69 Å². The highest BCUT2D eigenvalue weighted by molar-refractivity contribution is 7.89. The quantitative estimate of drug-likeness (QED) is 0.273. The lowest BCUT2D eigenvalue weighted by Crippen LogP contribution is -2.30. The van der Waals surface area contributed by atoms with E-state index in [4.69, 9.17) is 4.74 Å². The van der Waals surface area contributed by atoms with Crippen molar-refractivity contribution in [1.82, 2.24) is 9.71 Å². The van der Waals surface area contributed by atoms with Crippen LogP contribution in [0.25, 0.3) is 10.6 Å². The van der Waals surface area contributed by atoms with Gasteiger partial charge in [-0.3, -0.25) is 14.9 Å². The Morgan fingerprint density at radius 2 is 1.94 bits per heavy atom. The van der Waals surface area contributed by atoms with E-state index in [0.29, 0.717) is 16.3 Å². The number of aromatic nitrogens is 1. The largest absolute Gasteiger partial charge is 0.458 e. The number of sulfonamides is 1. The Balaban J connectivity index is 1.59. The lowest BCUT2D eigenvalue weighted by atomic mass is 10.2. The molecule has 10 nitrogen and oxygen atoms in total. The van der Waals surface area contributed by atoms with Crippen LogP contribution in [0, 0.1) is 15.9 Å². The molecule has 1 N–H and O–H groups in total. The number of halogens is 1. The molecule has 174 valence electrons. The van der Waals surface area contributed by atoms with Gasteiger partial charge in [0, 0.05) is 31.1 Å². The minimum absolute atomic E-state index is 0.179. The molecule has 33 heavy (non-hydrogen) atoms. The molecule has 0 aliphatic carbocycles. The number of anilines is 1. The molecule has 2 aromatic carbocycles. The lowest BCUT2D eigenvalue weighted by molar-refractivity contribution is -0.384. The number of nitrogens with zero attached hydrogens (tertiary/aromatic N) is 3. The number of rotatable bonds is 9. The van der Waals surface area contributed by atoms with Gasteiger partial charge >= 0.3 is 5.97 Å². The zero-order valence-electron chi connectivity index (χ0n) is 17.5. The summed E-state index contributed by atoms with van der Waals surface area (Å²) in [5.41, 5.74) is 1.01. The molecule has 0 bridgehead atoms. The van der Waals surface area contributed by atoms with Crippen molar-refractivity contribution in [3.63, 3.8) is 0 Å². The van der Waals surface area contributed by atoms with Crippen LogP contribution in [0.15, 0.2) is 52.7 Å². The average Bonchev–Trinajstić information content (AvgIpc) is 3.25. The molecular formula is C20H19FN4O6S2. The van der Waals surface area contributed by atoms with E-state index in [1.807, 2.05) is 0 Å². The van der Waals surface area contributed by atoms with Gasteiger partial charge < -0.3 is 9.64 Å².